The third-order valence-electron chi connectivity index (χ3n) is 3.98. The fourth-order valence-electron chi connectivity index (χ4n) is 2.65. The zero-order valence-corrected chi connectivity index (χ0v) is 16.9. The third kappa shape index (κ3) is 4.71. The van der Waals surface area contributed by atoms with E-state index in [0.29, 0.717) is 21.4 Å². The van der Waals surface area contributed by atoms with E-state index in [-0.39, 0.29) is 18.0 Å². The zero-order chi connectivity index (χ0) is 20.1. The molecule has 144 valence electrons. The minimum Gasteiger partial charge on any atom is -0.493 e. The molecule has 2 aromatic carbocycles. The number of thioether (sulfide) groups is 1. The summed E-state index contributed by atoms with van der Waals surface area (Å²) in [6.45, 7) is 1.89. The van der Waals surface area contributed by atoms with Crippen LogP contribution in [0.15, 0.2) is 41.3 Å². The summed E-state index contributed by atoms with van der Waals surface area (Å²) >= 11 is 7.38. The van der Waals surface area contributed by atoms with Crippen LogP contribution in [0.1, 0.15) is 11.1 Å². The molecule has 1 atom stereocenters. The lowest BCUT2D eigenvalue weighted by Gasteiger charge is -2.15. The number of nitrogens with one attached hydrogen (secondary N) is 2. The van der Waals surface area contributed by atoms with Crippen LogP contribution in [0.5, 0.6) is 11.5 Å². The molecule has 3 rings (SSSR count). The first-order valence-corrected chi connectivity index (χ1v) is 9.65. The van der Waals surface area contributed by atoms with Gasteiger partial charge in [-0.15, -0.1) is 0 Å². The number of ether oxygens (including phenoxy) is 2. The predicted octanol–water partition coefficient (Wildman–Crippen LogP) is 4.16. The second-order valence-corrected chi connectivity index (χ2v) is 7.52. The van der Waals surface area contributed by atoms with Gasteiger partial charge in [-0.1, -0.05) is 29.4 Å². The highest BCUT2D eigenvalue weighted by Gasteiger charge is 2.27. The van der Waals surface area contributed by atoms with Crippen LogP contribution in [-0.4, -0.2) is 25.1 Å². The Kier molecular flexibility index (Phi) is 6.34. The second kappa shape index (κ2) is 8.91. The number of halogens is 1. The molecule has 1 unspecified atom stereocenters. The second-order valence-electron chi connectivity index (χ2n) is 5.94. The normalized spacial score (nSPS) is 17.1. The molecule has 1 saturated heterocycles. The number of carbonyl (C=O) groups is 1. The molecule has 0 radical (unpaired) electrons. The Morgan fingerprint density at radius 3 is 2.86 bits per heavy atom. The summed E-state index contributed by atoms with van der Waals surface area (Å²) in [6.07, 6.45) is 1.78. The van der Waals surface area contributed by atoms with Crippen molar-refractivity contribution in [1.29, 1.82) is 5.26 Å². The van der Waals surface area contributed by atoms with Gasteiger partial charge in [-0.25, -0.2) is 0 Å². The number of rotatable bonds is 6. The van der Waals surface area contributed by atoms with E-state index >= 15 is 0 Å². The van der Waals surface area contributed by atoms with Crippen LogP contribution in [-0.2, 0) is 4.79 Å². The van der Waals surface area contributed by atoms with Gasteiger partial charge in [0.2, 0.25) is 0 Å². The highest BCUT2D eigenvalue weighted by atomic mass is 35.5. The lowest BCUT2D eigenvalue weighted by molar-refractivity contribution is -0.116. The number of amides is 1. The number of hydrogen-bond donors (Lipinski definition) is 2. The quantitative estimate of drug-likeness (QED) is 0.689. The minimum atomic E-state index is -0.279. The number of nitrogens with zero attached hydrogens (tertiary/aromatic N) is 1. The summed E-state index contributed by atoms with van der Waals surface area (Å²) in [7, 11) is 1.52. The summed E-state index contributed by atoms with van der Waals surface area (Å²) in [4.78, 5) is 12.9. The first kappa shape index (κ1) is 19.9. The Bertz CT molecular complexity index is 972. The maximum Gasteiger partial charge on any atom is 0.260 e. The molecule has 1 fully saturated rings. The Morgan fingerprint density at radius 2 is 2.14 bits per heavy atom. The fourth-order valence-corrected chi connectivity index (χ4v) is 3.85. The molecule has 8 heteroatoms. The topological polar surface area (TPSA) is 83.4 Å². The third-order valence-corrected chi connectivity index (χ3v) is 5.25. The van der Waals surface area contributed by atoms with Crippen LogP contribution in [0.25, 0.3) is 6.08 Å². The number of nitriles is 1. The molecule has 1 heterocycles. The van der Waals surface area contributed by atoms with Crippen molar-refractivity contribution in [1.82, 2.24) is 5.32 Å². The van der Waals surface area contributed by atoms with E-state index < -0.39 is 0 Å². The number of benzene rings is 2. The van der Waals surface area contributed by atoms with E-state index in [2.05, 4.69) is 10.6 Å². The van der Waals surface area contributed by atoms with Crippen LogP contribution < -0.4 is 20.1 Å². The predicted molar refractivity (Wildman–Crippen MR) is 111 cm³/mol. The Hall–Kier alpha value is -2.82. The van der Waals surface area contributed by atoms with E-state index in [4.69, 9.17) is 26.3 Å². The van der Waals surface area contributed by atoms with Crippen LogP contribution in [0.4, 0.5) is 5.69 Å². The molecule has 1 amide bonds. The molecule has 6 nitrogen and oxygen atoms in total. The van der Waals surface area contributed by atoms with Crippen molar-refractivity contribution in [3.8, 4) is 17.6 Å². The van der Waals surface area contributed by atoms with Crippen molar-refractivity contribution in [3.05, 3.63) is 57.5 Å². The van der Waals surface area contributed by atoms with E-state index in [1.807, 2.05) is 25.1 Å². The van der Waals surface area contributed by atoms with Crippen LogP contribution in [0.3, 0.4) is 0 Å². The van der Waals surface area contributed by atoms with Crippen LogP contribution in [0, 0.1) is 18.3 Å². The number of hydrogen-bond acceptors (Lipinski definition) is 6. The van der Waals surface area contributed by atoms with Gasteiger partial charge in [0.05, 0.1) is 12.0 Å². The zero-order valence-electron chi connectivity index (χ0n) is 15.3. The highest BCUT2D eigenvalue weighted by molar-refractivity contribution is 8.05. The van der Waals surface area contributed by atoms with Gasteiger partial charge in [0.25, 0.3) is 5.91 Å². The average molecular weight is 416 g/mol. The summed E-state index contributed by atoms with van der Waals surface area (Å²) in [6, 6.07) is 12.8. The van der Waals surface area contributed by atoms with Gasteiger partial charge in [-0.05, 0) is 54.5 Å². The SMILES string of the molecule is COc1cc(/C=C2\SC(Nc3ccc(Cl)cc3C)NC2=O)ccc1OCC#N. The molecular weight excluding hydrogens is 398 g/mol. The lowest BCUT2D eigenvalue weighted by Crippen LogP contribution is -2.31. The molecule has 2 aromatic rings. The van der Waals surface area contributed by atoms with Crippen molar-refractivity contribution >= 4 is 41.0 Å². The van der Waals surface area contributed by atoms with Crippen molar-refractivity contribution in [2.45, 2.75) is 12.4 Å². The number of aryl methyl sites for hydroxylation is 1. The van der Waals surface area contributed by atoms with Crippen molar-refractivity contribution in [3.63, 3.8) is 0 Å². The highest BCUT2D eigenvalue weighted by Crippen LogP contribution is 2.34. The van der Waals surface area contributed by atoms with Crippen LogP contribution >= 0.6 is 23.4 Å². The van der Waals surface area contributed by atoms with Crippen molar-refractivity contribution in [2.24, 2.45) is 0 Å². The van der Waals surface area contributed by atoms with Crippen LogP contribution in [0.2, 0.25) is 5.02 Å². The van der Waals surface area contributed by atoms with Gasteiger partial charge in [-0.2, -0.15) is 5.26 Å². The summed E-state index contributed by atoms with van der Waals surface area (Å²) in [5.41, 5.74) is 2.42. The number of anilines is 1. The minimum absolute atomic E-state index is 0.0630. The standard InChI is InChI=1S/C20H18ClN3O3S/c1-12-9-14(21)4-5-15(12)23-20-24-19(25)18(28-20)11-13-3-6-16(27-8-7-22)17(10-13)26-2/h3-6,9-11,20,23H,8H2,1-2H3,(H,24,25)/b18-11-. The lowest BCUT2D eigenvalue weighted by atomic mass is 10.2. The van der Waals surface area contributed by atoms with Gasteiger partial charge >= 0.3 is 0 Å². The Labute approximate surface area is 172 Å². The van der Waals surface area contributed by atoms with Gasteiger partial charge in [0, 0.05) is 10.7 Å². The largest absolute Gasteiger partial charge is 0.493 e. The molecule has 0 bridgehead atoms. The van der Waals surface area contributed by atoms with Gasteiger partial charge in [0.1, 0.15) is 6.07 Å². The maximum absolute atomic E-state index is 12.3. The summed E-state index contributed by atoms with van der Waals surface area (Å²) in [5.74, 6) is 0.824. The van der Waals surface area contributed by atoms with E-state index in [1.165, 1.54) is 18.9 Å². The molecule has 28 heavy (non-hydrogen) atoms. The molecule has 2 N–H and O–H groups in total. The molecule has 0 aromatic heterocycles. The Morgan fingerprint density at radius 1 is 1.32 bits per heavy atom. The summed E-state index contributed by atoms with van der Waals surface area (Å²) < 4.78 is 10.6. The van der Waals surface area contributed by atoms with Gasteiger partial charge < -0.3 is 20.1 Å². The monoisotopic (exact) mass is 415 g/mol. The van der Waals surface area contributed by atoms with Gasteiger partial charge in [-0.3, -0.25) is 4.79 Å². The van der Waals surface area contributed by atoms with Crippen molar-refractivity contribution < 1.29 is 14.3 Å². The Balaban J connectivity index is 1.74. The van der Waals surface area contributed by atoms with E-state index in [0.717, 1.165) is 16.8 Å². The van der Waals surface area contributed by atoms with Crippen molar-refractivity contribution in [2.75, 3.05) is 19.0 Å². The number of methoxy groups -OCH3 is 1. The molecule has 0 aliphatic carbocycles. The fraction of sp³-hybridized carbons (Fsp3) is 0.200. The number of carbonyl (C=O) groups excluding carboxylic acids is 1. The molecule has 0 saturated carbocycles. The molecule has 1 aliphatic heterocycles. The molecule has 0 spiro atoms. The first-order valence-electron chi connectivity index (χ1n) is 8.40. The van der Waals surface area contributed by atoms with E-state index in [1.54, 1.807) is 30.3 Å². The molecule has 1 aliphatic rings. The van der Waals surface area contributed by atoms with E-state index in [9.17, 15) is 4.79 Å². The smallest absolute Gasteiger partial charge is 0.260 e. The average Bonchev–Trinajstić information content (AvgIpc) is 3.01. The first-order chi connectivity index (χ1) is 13.5. The maximum atomic E-state index is 12.3. The van der Waals surface area contributed by atoms with Gasteiger partial charge in [0.15, 0.2) is 23.6 Å². The molecular formula is C20H18ClN3O3S. The summed E-state index contributed by atoms with van der Waals surface area (Å²) in [5, 5.41) is 15.5.